The molecule has 0 aliphatic carbocycles. The average molecular weight is 644 g/mol. The second-order valence-corrected chi connectivity index (χ2v) is 12.4. The van der Waals surface area contributed by atoms with E-state index in [0.29, 0.717) is 35.2 Å². The summed E-state index contributed by atoms with van der Waals surface area (Å²) in [5, 5.41) is 23.4. The van der Waals surface area contributed by atoms with Crippen molar-refractivity contribution in [3.8, 4) is 11.5 Å². The predicted molar refractivity (Wildman–Crippen MR) is 160 cm³/mol. The highest BCUT2D eigenvalue weighted by molar-refractivity contribution is 7.89. The smallest absolute Gasteiger partial charge is 0.328 e. The fourth-order valence-corrected chi connectivity index (χ4v) is 6.35. The third-order valence-electron chi connectivity index (χ3n) is 7.42. The summed E-state index contributed by atoms with van der Waals surface area (Å²) < 4.78 is 33.1. The zero-order valence-electron chi connectivity index (χ0n) is 23.3. The number of anilines is 1. The molecule has 1 unspecified atom stereocenters. The van der Waals surface area contributed by atoms with E-state index in [9.17, 15) is 27.9 Å². The molecule has 2 heterocycles. The molecule has 3 aromatic rings. The molecule has 0 saturated carbocycles. The van der Waals surface area contributed by atoms with Crippen LogP contribution in [0.5, 0.6) is 11.5 Å². The lowest BCUT2D eigenvalue weighted by Gasteiger charge is -2.47. The summed E-state index contributed by atoms with van der Waals surface area (Å²) in [7, 11) is -3.89. The van der Waals surface area contributed by atoms with Gasteiger partial charge in [0, 0.05) is 43.4 Å². The molecule has 1 atom stereocenters. The molecular weight excluding hydrogens is 614 g/mol. The van der Waals surface area contributed by atoms with Gasteiger partial charge in [0.05, 0.1) is 17.6 Å². The fourth-order valence-electron chi connectivity index (χ4n) is 5.15. The average Bonchev–Trinajstić information content (AvgIpc) is 3.02. The molecule has 15 heteroatoms. The minimum atomic E-state index is -3.89. The quantitative estimate of drug-likeness (QED) is 0.201. The van der Waals surface area contributed by atoms with E-state index in [4.69, 9.17) is 21.4 Å². The summed E-state index contributed by atoms with van der Waals surface area (Å²) in [4.78, 5) is 42.6. The van der Waals surface area contributed by atoms with E-state index in [1.165, 1.54) is 12.1 Å². The zero-order valence-corrected chi connectivity index (χ0v) is 24.8. The van der Waals surface area contributed by atoms with Crippen LogP contribution in [0.3, 0.4) is 0 Å². The summed E-state index contributed by atoms with van der Waals surface area (Å²) >= 11 is 5.94. The molecule has 5 N–H and O–H groups in total. The molecule has 13 nitrogen and oxygen atoms in total. The van der Waals surface area contributed by atoms with E-state index >= 15 is 0 Å². The number of imide groups is 2. The highest BCUT2D eigenvalue weighted by Gasteiger charge is 2.56. The number of aliphatic hydroxyl groups excluding tert-OH is 2. The summed E-state index contributed by atoms with van der Waals surface area (Å²) in [6.07, 6.45) is -1.21. The zero-order chi connectivity index (χ0) is 31.5. The number of nitrogens with zero attached hydrogens (tertiary/aromatic N) is 2. The van der Waals surface area contributed by atoms with Crippen LogP contribution in [0.4, 0.5) is 10.5 Å². The van der Waals surface area contributed by atoms with Gasteiger partial charge in [0.2, 0.25) is 15.6 Å². The standard InChI is InChI=1S/C29H30ClN5O8S/c30-20-3-9-24(10-4-20)43-23-7-1-19(2-8-23)29(26(38)32-28(40)33-27(29)39)35-15-13-34(14-16-35)21-5-11-25(12-6-21)44(41,42)31-17-22(37)18-36/h1-12,22,31,36-37H,13-18H2,(H2,32,33,38,39,40). The van der Waals surface area contributed by atoms with E-state index in [2.05, 4.69) is 15.4 Å². The first kappa shape index (κ1) is 31.4. The van der Waals surface area contributed by atoms with Crippen LogP contribution in [-0.4, -0.2) is 86.8 Å². The number of nitrogens with one attached hydrogen (secondary N) is 3. The maximum Gasteiger partial charge on any atom is 0.328 e. The molecule has 3 aromatic carbocycles. The van der Waals surface area contributed by atoms with Crippen LogP contribution in [0.1, 0.15) is 5.56 Å². The molecule has 5 rings (SSSR count). The first-order valence-electron chi connectivity index (χ1n) is 13.6. The third-order valence-corrected chi connectivity index (χ3v) is 9.11. The van der Waals surface area contributed by atoms with Crippen molar-refractivity contribution in [1.82, 2.24) is 20.3 Å². The summed E-state index contributed by atoms with van der Waals surface area (Å²) in [6.45, 7) is 0.410. The molecule has 0 radical (unpaired) electrons. The number of hydrogen-bond acceptors (Lipinski definition) is 10. The number of urea groups is 1. The molecule has 4 amide bonds. The van der Waals surface area contributed by atoms with Crippen molar-refractivity contribution >= 4 is 45.2 Å². The van der Waals surface area contributed by atoms with Gasteiger partial charge in [0.25, 0.3) is 11.8 Å². The van der Waals surface area contributed by atoms with Gasteiger partial charge in [0.1, 0.15) is 11.5 Å². The van der Waals surface area contributed by atoms with Gasteiger partial charge < -0.3 is 19.8 Å². The Hall–Kier alpha value is -4.05. The maximum absolute atomic E-state index is 13.5. The number of carbonyl (C=O) groups excluding carboxylic acids is 3. The van der Waals surface area contributed by atoms with E-state index in [-0.39, 0.29) is 24.5 Å². The van der Waals surface area contributed by atoms with Gasteiger partial charge >= 0.3 is 6.03 Å². The first-order valence-corrected chi connectivity index (χ1v) is 15.5. The largest absolute Gasteiger partial charge is 0.457 e. The Balaban J connectivity index is 1.33. The van der Waals surface area contributed by atoms with Crippen LogP contribution < -0.4 is 25.0 Å². The molecule has 2 aliphatic heterocycles. The minimum Gasteiger partial charge on any atom is -0.457 e. The third kappa shape index (κ3) is 6.40. The van der Waals surface area contributed by atoms with Crippen LogP contribution >= 0.6 is 11.6 Å². The molecule has 232 valence electrons. The van der Waals surface area contributed by atoms with E-state index in [1.807, 2.05) is 4.90 Å². The number of ether oxygens (including phenoxy) is 1. The number of carbonyl (C=O) groups is 3. The molecular formula is C29H30ClN5O8S. The molecule has 2 aliphatic rings. The number of rotatable bonds is 10. The van der Waals surface area contributed by atoms with Gasteiger partial charge in [-0.05, 0) is 66.2 Å². The van der Waals surface area contributed by atoms with E-state index in [0.717, 1.165) is 5.69 Å². The Morgan fingerprint density at radius 2 is 1.41 bits per heavy atom. The fraction of sp³-hybridized carbons (Fsp3) is 0.276. The van der Waals surface area contributed by atoms with Crippen LogP contribution in [0.15, 0.2) is 77.7 Å². The Labute approximate surface area is 258 Å². The van der Waals surface area contributed by atoms with E-state index < -0.39 is 46.1 Å². The molecule has 44 heavy (non-hydrogen) atoms. The Morgan fingerprint density at radius 1 is 0.864 bits per heavy atom. The van der Waals surface area contributed by atoms with Crippen LogP contribution in [-0.2, 0) is 25.2 Å². The van der Waals surface area contributed by atoms with Crippen molar-refractivity contribution in [2.24, 2.45) is 0 Å². The summed E-state index contributed by atoms with van der Waals surface area (Å²) in [5.41, 5.74) is -0.739. The Kier molecular flexibility index (Phi) is 9.20. The van der Waals surface area contributed by atoms with Gasteiger partial charge in [-0.3, -0.25) is 25.1 Å². The van der Waals surface area contributed by atoms with E-state index in [1.54, 1.807) is 65.6 Å². The Morgan fingerprint density at radius 3 is 1.95 bits per heavy atom. The second kappa shape index (κ2) is 12.9. The number of piperazine rings is 1. The normalized spacial score (nSPS) is 18.0. The minimum absolute atomic E-state index is 0.00678. The Bertz CT molecular complexity index is 1610. The lowest BCUT2D eigenvalue weighted by molar-refractivity contribution is -0.149. The lowest BCUT2D eigenvalue weighted by atomic mass is 9.84. The molecule has 2 fully saturated rings. The SMILES string of the molecule is O=C1NC(=O)C(c2ccc(Oc3ccc(Cl)cc3)cc2)(N2CCN(c3ccc(S(=O)(=O)NCC(O)CO)cc3)CC2)C(=O)N1. The van der Waals surface area contributed by atoms with Crippen LogP contribution in [0.25, 0.3) is 0 Å². The monoisotopic (exact) mass is 643 g/mol. The topological polar surface area (TPSA) is 178 Å². The number of benzene rings is 3. The number of halogens is 1. The van der Waals surface area contributed by atoms with Crippen molar-refractivity contribution in [2.45, 2.75) is 16.5 Å². The van der Waals surface area contributed by atoms with Crippen molar-refractivity contribution in [1.29, 1.82) is 0 Å². The summed E-state index contributed by atoms with van der Waals surface area (Å²) in [5.74, 6) is -0.512. The van der Waals surface area contributed by atoms with Gasteiger partial charge in [-0.15, -0.1) is 0 Å². The molecule has 0 aromatic heterocycles. The van der Waals surface area contributed by atoms with Crippen molar-refractivity contribution in [3.63, 3.8) is 0 Å². The molecule has 0 spiro atoms. The van der Waals surface area contributed by atoms with Crippen molar-refractivity contribution in [2.75, 3.05) is 44.2 Å². The van der Waals surface area contributed by atoms with Crippen LogP contribution in [0, 0.1) is 0 Å². The van der Waals surface area contributed by atoms with Gasteiger partial charge in [-0.25, -0.2) is 17.9 Å². The van der Waals surface area contributed by atoms with Crippen molar-refractivity contribution in [3.05, 3.63) is 83.4 Å². The van der Waals surface area contributed by atoms with Crippen LogP contribution in [0.2, 0.25) is 5.02 Å². The highest BCUT2D eigenvalue weighted by atomic mass is 35.5. The lowest BCUT2D eigenvalue weighted by Crippen LogP contribution is -2.73. The number of barbiturate groups is 1. The maximum atomic E-state index is 13.5. The second-order valence-electron chi connectivity index (χ2n) is 10.2. The number of amides is 4. The number of sulfonamides is 1. The number of aliphatic hydroxyl groups is 2. The highest BCUT2D eigenvalue weighted by Crippen LogP contribution is 2.35. The van der Waals surface area contributed by atoms with Gasteiger partial charge in [-0.2, -0.15) is 0 Å². The predicted octanol–water partition coefficient (Wildman–Crippen LogP) is 1.15. The first-order chi connectivity index (χ1) is 21.0. The van der Waals surface area contributed by atoms with Crippen molar-refractivity contribution < 1.29 is 37.8 Å². The summed E-state index contributed by atoms with van der Waals surface area (Å²) in [6, 6.07) is 18.5. The molecule has 2 saturated heterocycles. The van der Waals surface area contributed by atoms with Gasteiger partial charge in [0.15, 0.2) is 0 Å². The number of hydrogen-bond donors (Lipinski definition) is 5. The molecule has 0 bridgehead atoms. The van der Waals surface area contributed by atoms with Gasteiger partial charge in [-0.1, -0.05) is 23.7 Å².